The topological polar surface area (TPSA) is 18.5 Å². The van der Waals surface area contributed by atoms with E-state index in [-0.39, 0.29) is 6.79 Å². The second kappa shape index (κ2) is 2.31. The first-order chi connectivity index (χ1) is 5.27. The van der Waals surface area contributed by atoms with Crippen molar-refractivity contribution in [3.8, 4) is 11.5 Å². The molecule has 11 heavy (non-hydrogen) atoms. The van der Waals surface area contributed by atoms with Crippen molar-refractivity contribution in [2.75, 3.05) is 6.79 Å². The molecule has 1 aliphatic rings. The van der Waals surface area contributed by atoms with Crippen LogP contribution in [0.1, 0.15) is 5.56 Å². The summed E-state index contributed by atoms with van der Waals surface area (Å²) in [6, 6.07) is 4.72. The molecular formula is C8H6ClO2. The Balaban J connectivity index is 2.57. The highest BCUT2D eigenvalue weighted by molar-refractivity contribution is 6.31. The highest BCUT2D eigenvalue weighted by Gasteiger charge is 2.14. The van der Waals surface area contributed by atoms with E-state index in [9.17, 15) is 0 Å². The molecule has 0 aliphatic carbocycles. The summed E-state index contributed by atoms with van der Waals surface area (Å²) in [5.74, 6) is 1.34. The van der Waals surface area contributed by atoms with Crippen molar-refractivity contribution in [3.63, 3.8) is 0 Å². The smallest absolute Gasteiger partial charge is 0.231 e. The van der Waals surface area contributed by atoms with Crippen molar-refractivity contribution in [1.82, 2.24) is 0 Å². The Morgan fingerprint density at radius 3 is 3.18 bits per heavy atom. The molecule has 2 nitrogen and oxygen atoms in total. The predicted molar refractivity (Wildman–Crippen MR) is 41.1 cm³/mol. The van der Waals surface area contributed by atoms with Crippen LogP contribution < -0.4 is 9.47 Å². The average molecular weight is 170 g/mol. The van der Waals surface area contributed by atoms with Crippen LogP contribution in [0, 0.1) is 13.0 Å². The molecule has 0 bridgehead atoms. The summed E-state index contributed by atoms with van der Waals surface area (Å²) in [5.41, 5.74) is 0.955. The van der Waals surface area contributed by atoms with Crippen molar-refractivity contribution >= 4 is 11.6 Å². The SMILES string of the molecule is Cc1cc2c([c]c1Cl)OCO2. The third kappa shape index (κ3) is 1.03. The Morgan fingerprint density at radius 2 is 2.36 bits per heavy atom. The van der Waals surface area contributed by atoms with Crippen molar-refractivity contribution < 1.29 is 9.47 Å². The number of rotatable bonds is 0. The van der Waals surface area contributed by atoms with E-state index in [0.717, 1.165) is 11.3 Å². The van der Waals surface area contributed by atoms with Gasteiger partial charge in [0, 0.05) is 0 Å². The summed E-state index contributed by atoms with van der Waals surface area (Å²) in [7, 11) is 0. The van der Waals surface area contributed by atoms with Gasteiger partial charge in [-0.2, -0.15) is 0 Å². The van der Waals surface area contributed by atoms with Gasteiger partial charge in [-0.1, -0.05) is 11.6 Å². The molecule has 0 unspecified atom stereocenters. The molecule has 3 heteroatoms. The van der Waals surface area contributed by atoms with Crippen molar-refractivity contribution in [3.05, 3.63) is 22.7 Å². The van der Waals surface area contributed by atoms with Gasteiger partial charge < -0.3 is 9.47 Å². The number of fused-ring (bicyclic) bond motifs is 1. The van der Waals surface area contributed by atoms with Gasteiger partial charge in [-0.3, -0.25) is 0 Å². The van der Waals surface area contributed by atoms with Crippen LogP contribution in [0.2, 0.25) is 5.02 Å². The molecule has 57 valence electrons. The Hall–Kier alpha value is -0.890. The molecule has 0 amide bonds. The largest absolute Gasteiger partial charge is 0.454 e. The highest BCUT2D eigenvalue weighted by atomic mass is 35.5. The molecule has 1 aromatic carbocycles. The fourth-order valence-electron chi connectivity index (χ4n) is 0.952. The van der Waals surface area contributed by atoms with Gasteiger partial charge in [0.25, 0.3) is 0 Å². The minimum absolute atomic E-state index is 0.269. The monoisotopic (exact) mass is 169 g/mol. The zero-order chi connectivity index (χ0) is 7.84. The van der Waals surface area contributed by atoms with Crippen LogP contribution in [0.25, 0.3) is 0 Å². The average Bonchev–Trinajstić information content (AvgIpc) is 2.36. The number of benzene rings is 1. The molecule has 0 N–H and O–H groups in total. The molecule has 1 radical (unpaired) electrons. The van der Waals surface area contributed by atoms with E-state index >= 15 is 0 Å². The van der Waals surface area contributed by atoms with Gasteiger partial charge in [-0.05, 0) is 18.6 Å². The van der Waals surface area contributed by atoms with Crippen LogP contribution in [0.4, 0.5) is 0 Å². The molecule has 0 fully saturated rings. The lowest BCUT2D eigenvalue weighted by Gasteiger charge is -1.98. The third-order valence-corrected chi connectivity index (χ3v) is 1.95. The summed E-state index contributed by atoms with van der Waals surface area (Å²) in [6.45, 7) is 2.17. The molecule has 0 atom stereocenters. The first-order valence-corrected chi connectivity index (χ1v) is 3.63. The standard InChI is InChI=1S/C8H6ClO2/c1-5-2-7-8(3-6(5)9)11-4-10-7/h2H,4H2,1H3. The number of halogens is 1. The molecule has 0 aromatic heterocycles. The second-order valence-electron chi connectivity index (χ2n) is 2.37. The summed E-state index contributed by atoms with van der Waals surface area (Å²) in [5, 5.41) is 0.592. The molecule has 0 saturated heterocycles. The Bertz CT molecular complexity index is 267. The summed E-state index contributed by atoms with van der Waals surface area (Å²) < 4.78 is 10.2. The minimum Gasteiger partial charge on any atom is -0.454 e. The lowest BCUT2D eigenvalue weighted by atomic mass is 10.2. The van der Waals surface area contributed by atoms with Gasteiger partial charge in [0.2, 0.25) is 6.79 Å². The minimum atomic E-state index is 0.269. The second-order valence-corrected chi connectivity index (χ2v) is 2.74. The Kier molecular flexibility index (Phi) is 1.43. The zero-order valence-electron chi connectivity index (χ0n) is 5.98. The van der Waals surface area contributed by atoms with Crippen molar-refractivity contribution in [2.45, 2.75) is 6.92 Å². The molecule has 1 aliphatic heterocycles. The first-order valence-electron chi connectivity index (χ1n) is 3.25. The first kappa shape index (κ1) is 6.80. The highest BCUT2D eigenvalue weighted by Crippen LogP contribution is 2.35. The predicted octanol–water partition coefficient (Wildman–Crippen LogP) is 2.18. The quantitative estimate of drug-likeness (QED) is 0.593. The summed E-state index contributed by atoms with van der Waals surface area (Å²) in [6.07, 6.45) is 0. The van der Waals surface area contributed by atoms with Gasteiger partial charge in [0.1, 0.15) is 0 Å². The van der Waals surface area contributed by atoms with Crippen LogP contribution in [0.5, 0.6) is 11.5 Å². The summed E-state index contributed by atoms with van der Waals surface area (Å²) in [4.78, 5) is 0. The normalized spacial score (nSPS) is 13.6. The molecular weight excluding hydrogens is 164 g/mol. The Morgan fingerprint density at radius 1 is 1.55 bits per heavy atom. The molecule has 0 spiro atoms. The van der Waals surface area contributed by atoms with Gasteiger partial charge >= 0.3 is 0 Å². The van der Waals surface area contributed by atoms with Gasteiger partial charge in [-0.15, -0.1) is 0 Å². The molecule has 0 saturated carbocycles. The summed E-state index contributed by atoms with van der Waals surface area (Å²) >= 11 is 5.80. The van der Waals surface area contributed by atoms with Crippen LogP contribution >= 0.6 is 11.6 Å². The lowest BCUT2D eigenvalue weighted by Crippen LogP contribution is -1.92. The van der Waals surface area contributed by atoms with Gasteiger partial charge in [0.05, 0.1) is 11.1 Å². The van der Waals surface area contributed by atoms with E-state index in [1.54, 1.807) is 0 Å². The van der Waals surface area contributed by atoms with E-state index in [1.165, 1.54) is 0 Å². The van der Waals surface area contributed by atoms with Crippen LogP contribution in [-0.2, 0) is 0 Å². The molecule has 1 heterocycles. The lowest BCUT2D eigenvalue weighted by molar-refractivity contribution is 0.173. The van der Waals surface area contributed by atoms with Crippen LogP contribution in [0.3, 0.4) is 0 Å². The number of aryl methyl sites for hydroxylation is 1. The maximum absolute atomic E-state index is 5.80. The molecule has 2 rings (SSSR count). The molecule has 1 aromatic rings. The fraction of sp³-hybridized carbons (Fsp3) is 0.250. The Labute approximate surface area is 69.7 Å². The third-order valence-electron chi connectivity index (χ3n) is 1.56. The zero-order valence-corrected chi connectivity index (χ0v) is 6.73. The fourth-order valence-corrected chi connectivity index (χ4v) is 1.09. The van der Waals surface area contributed by atoms with Gasteiger partial charge in [0.15, 0.2) is 11.5 Å². The van der Waals surface area contributed by atoms with Crippen LogP contribution in [-0.4, -0.2) is 6.79 Å². The number of hydrogen-bond donors (Lipinski definition) is 0. The van der Waals surface area contributed by atoms with Gasteiger partial charge in [-0.25, -0.2) is 0 Å². The maximum Gasteiger partial charge on any atom is 0.231 e. The van der Waals surface area contributed by atoms with Crippen molar-refractivity contribution in [2.24, 2.45) is 0 Å². The van der Waals surface area contributed by atoms with E-state index in [4.69, 9.17) is 21.1 Å². The number of hydrogen-bond acceptors (Lipinski definition) is 2. The van der Waals surface area contributed by atoms with E-state index in [2.05, 4.69) is 6.07 Å². The maximum atomic E-state index is 5.80. The van der Waals surface area contributed by atoms with Crippen molar-refractivity contribution in [1.29, 1.82) is 0 Å². The number of ether oxygens (including phenoxy) is 2. The van der Waals surface area contributed by atoms with E-state index < -0.39 is 0 Å². The van der Waals surface area contributed by atoms with E-state index in [0.29, 0.717) is 10.8 Å². The van der Waals surface area contributed by atoms with Crippen LogP contribution in [0.15, 0.2) is 6.07 Å². The van der Waals surface area contributed by atoms with E-state index in [1.807, 2.05) is 13.0 Å².